The zero-order chi connectivity index (χ0) is 11.7. The minimum absolute atomic E-state index is 0.475. The Labute approximate surface area is 99.9 Å². The van der Waals surface area contributed by atoms with Crippen molar-refractivity contribution in [3.8, 4) is 6.07 Å². The zero-order valence-corrected chi connectivity index (χ0v) is 9.35. The molecule has 0 saturated carbocycles. The van der Waals surface area contributed by atoms with Crippen molar-refractivity contribution in [2.75, 3.05) is 0 Å². The van der Waals surface area contributed by atoms with E-state index in [0.29, 0.717) is 6.42 Å². The van der Waals surface area contributed by atoms with Crippen LogP contribution in [0.4, 0.5) is 0 Å². The van der Waals surface area contributed by atoms with Crippen molar-refractivity contribution in [3.63, 3.8) is 0 Å². The molecule has 0 bridgehead atoms. The molecule has 0 aliphatic carbocycles. The first kappa shape index (κ1) is 9.86. The van der Waals surface area contributed by atoms with Crippen LogP contribution >= 0.6 is 0 Å². The molecule has 0 fully saturated rings. The van der Waals surface area contributed by atoms with E-state index in [2.05, 4.69) is 54.6 Å². The lowest BCUT2D eigenvalue weighted by Crippen LogP contribution is -1.83. The summed E-state index contributed by atoms with van der Waals surface area (Å²) in [6, 6.07) is 21.1. The summed E-state index contributed by atoms with van der Waals surface area (Å²) in [4.78, 5) is 0. The van der Waals surface area contributed by atoms with Crippen LogP contribution in [-0.2, 0) is 6.42 Å². The van der Waals surface area contributed by atoms with Gasteiger partial charge in [0.05, 0.1) is 12.5 Å². The van der Waals surface area contributed by atoms with Gasteiger partial charge in [-0.15, -0.1) is 0 Å². The van der Waals surface area contributed by atoms with Crippen LogP contribution in [0.15, 0.2) is 54.6 Å². The van der Waals surface area contributed by atoms with Gasteiger partial charge in [-0.3, -0.25) is 0 Å². The zero-order valence-electron chi connectivity index (χ0n) is 9.35. The van der Waals surface area contributed by atoms with Crippen molar-refractivity contribution in [3.05, 3.63) is 60.2 Å². The highest BCUT2D eigenvalue weighted by Gasteiger charge is 2.00. The largest absolute Gasteiger partial charge is 0.198 e. The van der Waals surface area contributed by atoms with Crippen LogP contribution in [0.2, 0.25) is 0 Å². The first-order chi connectivity index (χ1) is 8.38. The van der Waals surface area contributed by atoms with Crippen molar-refractivity contribution in [1.82, 2.24) is 0 Å². The van der Waals surface area contributed by atoms with Gasteiger partial charge in [-0.05, 0) is 27.1 Å². The molecule has 0 atom stereocenters. The normalized spacial score (nSPS) is 10.5. The molecular formula is C16H11N. The molecule has 3 aromatic carbocycles. The first-order valence-corrected chi connectivity index (χ1v) is 5.66. The van der Waals surface area contributed by atoms with Gasteiger partial charge in [0, 0.05) is 0 Å². The molecule has 0 spiro atoms. The maximum Gasteiger partial charge on any atom is 0.0669 e. The van der Waals surface area contributed by atoms with Gasteiger partial charge in [-0.1, -0.05) is 54.6 Å². The smallest absolute Gasteiger partial charge is 0.0669 e. The van der Waals surface area contributed by atoms with E-state index in [0.717, 1.165) is 5.56 Å². The van der Waals surface area contributed by atoms with E-state index in [4.69, 9.17) is 5.26 Å². The highest BCUT2D eigenvalue weighted by atomic mass is 14.2. The van der Waals surface area contributed by atoms with E-state index in [1.54, 1.807) is 0 Å². The molecule has 0 amide bonds. The number of benzene rings is 3. The van der Waals surface area contributed by atoms with Crippen LogP contribution < -0.4 is 0 Å². The quantitative estimate of drug-likeness (QED) is 0.564. The summed E-state index contributed by atoms with van der Waals surface area (Å²) in [5, 5.41) is 13.7. The van der Waals surface area contributed by atoms with Crippen LogP contribution in [0.1, 0.15) is 5.56 Å². The number of nitrogens with zero attached hydrogens (tertiary/aromatic N) is 1. The Kier molecular flexibility index (Phi) is 2.27. The van der Waals surface area contributed by atoms with Crippen molar-refractivity contribution < 1.29 is 0 Å². The van der Waals surface area contributed by atoms with E-state index in [1.165, 1.54) is 21.5 Å². The molecule has 17 heavy (non-hydrogen) atoms. The average Bonchev–Trinajstić information content (AvgIpc) is 2.39. The molecule has 0 aliphatic rings. The molecule has 3 aromatic rings. The fourth-order valence-corrected chi connectivity index (χ4v) is 2.26. The summed E-state index contributed by atoms with van der Waals surface area (Å²) >= 11 is 0. The van der Waals surface area contributed by atoms with Crippen LogP contribution in [0, 0.1) is 11.3 Å². The Morgan fingerprint density at radius 1 is 0.824 bits per heavy atom. The third-order valence-electron chi connectivity index (χ3n) is 3.09. The second-order valence-electron chi connectivity index (χ2n) is 4.18. The third kappa shape index (κ3) is 1.64. The molecule has 0 N–H and O–H groups in total. The average molecular weight is 217 g/mol. The fourth-order valence-electron chi connectivity index (χ4n) is 2.26. The van der Waals surface area contributed by atoms with Crippen LogP contribution in [-0.4, -0.2) is 0 Å². The summed E-state index contributed by atoms with van der Waals surface area (Å²) in [5.74, 6) is 0. The second kappa shape index (κ2) is 3.92. The first-order valence-electron chi connectivity index (χ1n) is 5.66. The minimum atomic E-state index is 0.475. The molecule has 0 radical (unpaired) electrons. The summed E-state index contributed by atoms with van der Waals surface area (Å²) in [7, 11) is 0. The van der Waals surface area contributed by atoms with Crippen molar-refractivity contribution in [2.45, 2.75) is 6.42 Å². The fraction of sp³-hybridized carbons (Fsp3) is 0.0625. The number of rotatable bonds is 1. The van der Waals surface area contributed by atoms with Gasteiger partial charge in [-0.2, -0.15) is 5.26 Å². The maximum absolute atomic E-state index is 8.71. The molecule has 0 aromatic heterocycles. The molecule has 3 rings (SSSR count). The number of fused-ring (bicyclic) bond motifs is 3. The third-order valence-corrected chi connectivity index (χ3v) is 3.09. The lowest BCUT2D eigenvalue weighted by atomic mass is 9.99. The van der Waals surface area contributed by atoms with Gasteiger partial charge in [0.1, 0.15) is 0 Å². The van der Waals surface area contributed by atoms with E-state index >= 15 is 0 Å². The van der Waals surface area contributed by atoms with Gasteiger partial charge in [0.15, 0.2) is 0 Å². The van der Waals surface area contributed by atoms with E-state index in [-0.39, 0.29) is 0 Å². The van der Waals surface area contributed by atoms with Gasteiger partial charge in [0.2, 0.25) is 0 Å². The van der Waals surface area contributed by atoms with Crippen molar-refractivity contribution in [2.24, 2.45) is 0 Å². The molecule has 0 unspecified atom stereocenters. The second-order valence-corrected chi connectivity index (χ2v) is 4.18. The van der Waals surface area contributed by atoms with Gasteiger partial charge in [0.25, 0.3) is 0 Å². The standard InChI is InChI=1S/C16H11N/c17-10-9-12-5-8-16-14(11-12)7-6-13-3-1-2-4-15(13)16/h1-8,11H,9H2. The SMILES string of the molecule is N#CCc1ccc2c(ccc3ccccc32)c1. The Morgan fingerprint density at radius 3 is 2.47 bits per heavy atom. The molecule has 80 valence electrons. The minimum Gasteiger partial charge on any atom is -0.198 e. The Balaban J connectivity index is 2.34. The van der Waals surface area contributed by atoms with E-state index in [9.17, 15) is 0 Å². The molecule has 0 heterocycles. The molecule has 0 saturated heterocycles. The van der Waals surface area contributed by atoms with Crippen molar-refractivity contribution in [1.29, 1.82) is 5.26 Å². The summed E-state index contributed by atoms with van der Waals surface area (Å²) < 4.78 is 0. The van der Waals surface area contributed by atoms with E-state index in [1.807, 2.05) is 6.07 Å². The predicted molar refractivity (Wildman–Crippen MR) is 70.8 cm³/mol. The van der Waals surface area contributed by atoms with Crippen LogP contribution in [0.5, 0.6) is 0 Å². The number of hydrogen-bond acceptors (Lipinski definition) is 1. The van der Waals surface area contributed by atoms with Crippen molar-refractivity contribution >= 4 is 21.5 Å². The summed E-state index contributed by atoms with van der Waals surface area (Å²) in [6.07, 6.45) is 0.475. The Morgan fingerprint density at radius 2 is 1.59 bits per heavy atom. The molecule has 1 heteroatoms. The number of nitriles is 1. The lowest BCUT2D eigenvalue weighted by molar-refractivity contribution is 1.27. The van der Waals surface area contributed by atoms with E-state index < -0.39 is 0 Å². The predicted octanol–water partition coefficient (Wildman–Crippen LogP) is 4.06. The summed E-state index contributed by atoms with van der Waals surface area (Å²) in [5.41, 5.74) is 1.08. The monoisotopic (exact) mass is 217 g/mol. The summed E-state index contributed by atoms with van der Waals surface area (Å²) in [6.45, 7) is 0. The van der Waals surface area contributed by atoms with Gasteiger partial charge in [-0.25, -0.2) is 0 Å². The highest BCUT2D eigenvalue weighted by molar-refractivity contribution is 6.07. The van der Waals surface area contributed by atoms with Gasteiger partial charge >= 0.3 is 0 Å². The molecule has 0 aliphatic heterocycles. The lowest BCUT2D eigenvalue weighted by Gasteiger charge is -2.04. The van der Waals surface area contributed by atoms with Gasteiger partial charge < -0.3 is 0 Å². The molecular weight excluding hydrogens is 206 g/mol. The maximum atomic E-state index is 8.71. The molecule has 1 nitrogen and oxygen atoms in total. The van der Waals surface area contributed by atoms with Crippen LogP contribution in [0.25, 0.3) is 21.5 Å². The number of hydrogen-bond donors (Lipinski definition) is 0. The highest BCUT2D eigenvalue weighted by Crippen LogP contribution is 2.25. The Hall–Kier alpha value is -2.33. The Bertz CT molecular complexity index is 735. The van der Waals surface area contributed by atoms with Crippen LogP contribution in [0.3, 0.4) is 0 Å². The topological polar surface area (TPSA) is 23.8 Å².